The minimum Gasteiger partial charge on any atom is -0.364 e. The summed E-state index contributed by atoms with van der Waals surface area (Å²) in [6, 6.07) is 8.22. The first kappa shape index (κ1) is 15.7. The third-order valence-corrected chi connectivity index (χ3v) is 4.59. The van der Waals surface area contributed by atoms with Crippen molar-refractivity contribution in [3.05, 3.63) is 47.3 Å². The van der Waals surface area contributed by atoms with Crippen molar-refractivity contribution in [1.29, 1.82) is 0 Å². The Bertz CT molecular complexity index is 682. The first-order valence-electron chi connectivity index (χ1n) is 8.06. The molecule has 5 nitrogen and oxygen atoms in total. The maximum Gasteiger partial charge on any atom is 0.241 e. The van der Waals surface area contributed by atoms with Gasteiger partial charge in [-0.3, -0.25) is 9.69 Å². The van der Waals surface area contributed by atoms with Gasteiger partial charge in [0.2, 0.25) is 5.91 Å². The molecule has 1 unspecified atom stereocenters. The molecule has 2 heterocycles. The molecule has 2 aromatic rings. The minimum absolute atomic E-state index is 0.0416. The fraction of sp³-hybridized carbons (Fsp3) is 0.444. The summed E-state index contributed by atoms with van der Waals surface area (Å²) >= 11 is 0. The molecule has 0 saturated heterocycles. The Kier molecular flexibility index (Phi) is 4.48. The summed E-state index contributed by atoms with van der Waals surface area (Å²) in [5.74, 6) is 0.132. The Morgan fingerprint density at radius 2 is 2.26 bits per heavy atom. The zero-order valence-electron chi connectivity index (χ0n) is 14.0. The van der Waals surface area contributed by atoms with Gasteiger partial charge in [0.05, 0.1) is 12.6 Å². The third-order valence-electron chi connectivity index (χ3n) is 4.59. The van der Waals surface area contributed by atoms with Crippen LogP contribution in [0.1, 0.15) is 36.2 Å². The van der Waals surface area contributed by atoms with Crippen LogP contribution in [0.15, 0.2) is 35.1 Å². The van der Waals surface area contributed by atoms with E-state index in [4.69, 9.17) is 4.52 Å². The van der Waals surface area contributed by atoms with E-state index in [0.29, 0.717) is 6.54 Å². The van der Waals surface area contributed by atoms with Crippen molar-refractivity contribution in [2.24, 2.45) is 0 Å². The van der Waals surface area contributed by atoms with Crippen LogP contribution < -0.4 is 4.90 Å². The molecule has 0 fully saturated rings. The molecule has 1 atom stereocenters. The number of aryl methyl sites for hydroxylation is 2. The molecule has 0 aliphatic carbocycles. The van der Waals surface area contributed by atoms with Crippen molar-refractivity contribution in [2.75, 3.05) is 25.0 Å². The quantitative estimate of drug-likeness (QED) is 0.871. The number of hydrogen-bond acceptors (Lipinski definition) is 4. The summed E-state index contributed by atoms with van der Waals surface area (Å²) in [5.41, 5.74) is 4.43. The lowest BCUT2D eigenvalue weighted by atomic mass is 9.99. The van der Waals surface area contributed by atoms with Crippen molar-refractivity contribution in [2.45, 2.75) is 32.7 Å². The minimum atomic E-state index is 0.0416. The molecule has 122 valence electrons. The number of rotatable bonds is 4. The standard InChI is InChI=1S/C18H23N3O2/c1-13-6-7-17-15(11-13)5-4-9-21(17)18(22)12-20(3)14(2)16-8-10-23-19-16/h6-8,10-11,14H,4-5,9,12H2,1-3H3. The molecule has 0 radical (unpaired) electrons. The molecular formula is C18H23N3O2. The van der Waals surface area contributed by atoms with E-state index in [1.165, 1.54) is 11.1 Å². The Hall–Kier alpha value is -2.14. The monoisotopic (exact) mass is 313 g/mol. The fourth-order valence-corrected chi connectivity index (χ4v) is 3.08. The summed E-state index contributed by atoms with van der Waals surface area (Å²) in [6.45, 7) is 5.27. The summed E-state index contributed by atoms with van der Waals surface area (Å²) in [4.78, 5) is 16.7. The zero-order chi connectivity index (χ0) is 16.4. The summed E-state index contributed by atoms with van der Waals surface area (Å²) in [5, 5.41) is 3.96. The second kappa shape index (κ2) is 6.54. The molecule has 23 heavy (non-hydrogen) atoms. The lowest BCUT2D eigenvalue weighted by molar-refractivity contribution is -0.120. The van der Waals surface area contributed by atoms with Gasteiger partial charge in [-0.05, 0) is 45.4 Å². The van der Waals surface area contributed by atoms with Crippen LogP contribution in [0.25, 0.3) is 0 Å². The molecule has 0 N–H and O–H groups in total. The van der Waals surface area contributed by atoms with E-state index in [9.17, 15) is 4.79 Å². The highest BCUT2D eigenvalue weighted by atomic mass is 16.5. The van der Waals surface area contributed by atoms with Crippen molar-refractivity contribution < 1.29 is 9.32 Å². The number of aromatic nitrogens is 1. The van der Waals surface area contributed by atoms with Crippen molar-refractivity contribution in [3.63, 3.8) is 0 Å². The van der Waals surface area contributed by atoms with Gasteiger partial charge in [0.25, 0.3) is 0 Å². The number of likely N-dealkylation sites (N-methyl/N-ethyl adjacent to an activating group) is 1. The van der Waals surface area contributed by atoms with Gasteiger partial charge in [0, 0.05) is 18.3 Å². The predicted molar refractivity (Wildman–Crippen MR) is 89.4 cm³/mol. The van der Waals surface area contributed by atoms with Crippen molar-refractivity contribution >= 4 is 11.6 Å². The van der Waals surface area contributed by atoms with Crippen LogP contribution in [0.3, 0.4) is 0 Å². The molecule has 1 aromatic carbocycles. The lowest BCUT2D eigenvalue weighted by Gasteiger charge is -2.32. The van der Waals surface area contributed by atoms with Crippen molar-refractivity contribution in [1.82, 2.24) is 10.1 Å². The van der Waals surface area contributed by atoms with Gasteiger partial charge >= 0.3 is 0 Å². The molecule has 1 aliphatic rings. The number of carbonyl (C=O) groups is 1. The second-order valence-electron chi connectivity index (χ2n) is 6.30. The highest BCUT2D eigenvalue weighted by Crippen LogP contribution is 2.28. The largest absolute Gasteiger partial charge is 0.364 e. The highest BCUT2D eigenvalue weighted by molar-refractivity contribution is 5.96. The first-order chi connectivity index (χ1) is 11.1. The Labute approximate surface area is 136 Å². The van der Waals surface area contributed by atoms with Crippen LogP contribution in [0.2, 0.25) is 0 Å². The van der Waals surface area contributed by atoms with Crippen LogP contribution in [0.5, 0.6) is 0 Å². The van der Waals surface area contributed by atoms with Gasteiger partial charge in [0.15, 0.2) is 0 Å². The first-order valence-corrected chi connectivity index (χ1v) is 8.06. The van der Waals surface area contributed by atoms with Gasteiger partial charge in [-0.15, -0.1) is 0 Å². The Balaban J connectivity index is 1.72. The number of anilines is 1. The van der Waals surface area contributed by atoms with E-state index in [2.05, 4.69) is 30.3 Å². The van der Waals surface area contributed by atoms with Gasteiger partial charge in [-0.25, -0.2) is 0 Å². The topological polar surface area (TPSA) is 49.6 Å². The summed E-state index contributed by atoms with van der Waals surface area (Å²) in [7, 11) is 1.94. The molecule has 1 amide bonds. The molecule has 0 spiro atoms. The van der Waals surface area contributed by atoms with E-state index in [0.717, 1.165) is 30.8 Å². The molecule has 0 saturated carbocycles. The molecule has 1 aromatic heterocycles. The van der Waals surface area contributed by atoms with Gasteiger partial charge in [-0.2, -0.15) is 0 Å². The number of hydrogen-bond donors (Lipinski definition) is 0. The van der Waals surface area contributed by atoms with Crippen LogP contribution in [-0.4, -0.2) is 36.1 Å². The SMILES string of the molecule is Cc1ccc2c(c1)CCCN2C(=O)CN(C)C(C)c1ccon1. The second-order valence-corrected chi connectivity index (χ2v) is 6.30. The van der Waals surface area contributed by atoms with E-state index < -0.39 is 0 Å². The number of amides is 1. The Morgan fingerprint density at radius 1 is 1.43 bits per heavy atom. The molecule has 3 rings (SSSR count). The van der Waals surface area contributed by atoms with E-state index in [1.807, 2.05) is 29.8 Å². The predicted octanol–water partition coefficient (Wildman–Crippen LogP) is 2.96. The van der Waals surface area contributed by atoms with Crippen molar-refractivity contribution in [3.8, 4) is 0 Å². The maximum atomic E-state index is 12.8. The average molecular weight is 313 g/mol. The van der Waals surface area contributed by atoms with Gasteiger partial charge in [0.1, 0.15) is 12.0 Å². The summed E-state index contributed by atoms with van der Waals surface area (Å²) in [6.07, 6.45) is 3.63. The number of benzene rings is 1. The van der Waals surface area contributed by atoms with Crippen LogP contribution in [-0.2, 0) is 11.2 Å². The van der Waals surface area contributed by atoms with E-state index in [-0.39, 0.29) is 11.9 Å². The molecule has 1 aliphatic heterocycles. The lowest BCUT2D eigenvalue weighted by Crippen LogP contribution is -2.42. The molecular weight excluding hydrogens is 290 g/mol. The van der Waals surface area contributed by atoms with Gasteiger partial charge < -0.3 is 9.42 Å². The maximum absolute atomic E-state index is 12.8. The number of nitrogens with zero attached hydrogens (tertiary/aromatic N) is 3. The zero-order valence-corrected chi connectivity index (χ0v) is 14.0. The molecule has 5 heteroatoms. The van der Waals surface area contributed by atoms with Crippen LogP contribution in [0.4, 0.5) is 5.69 Å². The van der Waals surface area contributed by atoms with Gasteiger partial charge in [-0.1, -0.05) is 22.9 Å². The summed E-state index contributed by atoms with van der Waals surface area (Å²) < 4.78 is 4.89. The average Bonchev–Trinajstić information content (AvgIpc) is 3.07. The highest BCUT2D eigenvalue weighted by Gasteiger charge is 2.25. The van der Waals surface area contributed by atoms with Crippen LogP contribution >= 0.6 is 0 Å². The van der Waals surface area contributed by atoms with E-state index in [1.54, 1.807) is 6.26 Å². The normalized spacial score (nSPS) is 15.6. The van der Waals surface area contributed by atoms with E-state index >= 15 is 0 Å². The number of carbonyl (C=O) groups excluding carboxylic acids is 1. The van der Waals surface area contributed by atoms with Crippen LogP contribution in [0, 0.1) is 6.92 Å². The smallest absolute Gasteiger partial charge is 0.241 e. The third kappa shape index (κ3) is 3.29. The Morgan fingerprint density at radius 3 is 3.00 bits per heavy atom. The molecule has 0 bridgehead atoms. The fourth-order valence-electron chi connectivity index (χ4n) is 3.08. The number of fused-ring (bicyclic) bond motifs is 1.